The molecule has 2 aromatic rings. The molecule has 2 aromatic carbocycles. The third-order valence-corrected chi connectivity index (χ3v) is 4.89. The number of amides is 1. The molecule has 28 heavy (non-hydrogen) atoms. The molecular formula is C23H29NO4. The number of hydrogen-bond donors (Lipinski definition) is 1. The highest BCUT2D eigenvalue weighted by molar-refractivity contribution is 5.76. The number of ether oxygens (including phenoxy) is 3. The molecule has 0 radical (unpaired) electrons. The molecule has 5 heteroatoms. The zero-order valence-corrected chi connectivity index (χ0v) is 16.7. The van der Waals surface area contributed by atoms with Crippen LogP contribution in [0.3, 0.4) is 0 Å². The van der Waals surface area contributed by atoms with Gasteiger partial charge >= 0.3 is 0 Å². The van der Waals surface area contributed by atoms with Gasteiger partial charge in [0.15, 0.2) is 11.5 Å². The van der Waals surface area contributed by atoms with E-state index in [-0.39, 0.29) is 12.0 Å². The Kier molecular flexibility index (Phi) is 7.31. The summed E-state index contributed by atoms with van der Waals surface area (Å²) >= 11 is 0. The highest BCUT2D eigenvalue weighted by Crippen LogP contribution is 2.29. The predicted octanol–water partition coefficient (Wildman–Crippen LogP) is 3.81. The number of carbonyl (C=O) groups excluding carboxylic acids is 1. The highest BCUT2D eigenvalue weighted by Gasteiger charge is 2.17. The summed E-state index contributed by atoms with van der Waals surface area (Å²) in [6.07, 6.45) is 3.51. The summed E-state index contributed by atoms with van der Waals surface area (Å²) in [5.41, 5.74) is 3.38. The minimum Gasteiger partial charge on any atom is -0.493 e. The van der Waals surface area contributed by atoms with Crippen LogP contribution in [0.5, 0.6) is 11.5 Å². The van der Waals surface area contributed by atoms with Crippen LogP contribution >= 0.6 is 0 Å². The molecule has 1 saturated heterocycles. The van der Waals surface area contributed by atoms with E-state index in [0.29, 0.717) is 31.1 Å². The van der Waals surface area contributed by atoms with Crippen molar-refractivity contribution in [2.45, 2.75) is 45.3 Å². The molecule has 0 bridgehead atoms. The summed E-state index contributed by atoms with van der Waals surface area (Å²) in [7, 11) is 1.62. The topological polar surface area (TPSA) is 56.8 Å². The van der Waals surface area contributed by atoms with Crippen molar-refractivity contribution in [2.75, 3.05) is 20.3 Å². The minimum absolute atomic E-state index is 0.0409. The minimum atomic E-state index is 0.0409. The van der Waals surface area contributed by atoms with E-state index in [0.717, 1.165) is 31.4 Å². The molecule has 0 saturated carbocycles. The summed E-state index contributed by atoms with van der Waals surface area (Å²) in [6, 6.07) is 14.0. The van der Waals surface area contributed by atoms with Crippen LogP contribution in [-0.4, -0.2) is 32.3 Å². The molecule has 1 fully saturated rings. The van der Waals surface area contributed by atoms with E-state index in [1.165, 1.54) is 11.1 Å². The lowest BCUT2D eigenvalue weighted by atomic mass is 10.1. The third kappa shape index (κ3) is 5.99. The fraction of sp³-hybridized carbons (Fsp3) is 0.435. The van der Waals surface area contributed by atoms with Crippen LogP contribution in [0, 0.1) is 6.92 Å². The SMILES string of the molecule is COc1cc(CNC(=O)CCc2cccc(C)c2)ccc1OCC1CCCO1. The van der Waals surface area contributed by atoms with Gasteiger partial charge in [0.25, 0.3) is 0 Å². The van der Waals surface area contributed by atoms with Gasteiger partial charge in [0.05, 0.1) is 13.2 Å². The Morgan fingerprint density at radius 2 is 2.07 bits per heavy atom. The Morgan fingerprint density at radius 3 is 2.82 bits per heavy atom. The number of nitrogens with one attached hydrogen (secondary N) is 1. The van der Waals surface area contributed by atoms with Gasteiger partial charge in [-0.25, -0.2) is 0 Å². The molecule has 1 unspecified atom stereocenters. The van der Waals surface area contributed by atoms with Crippen molar-refractivity contribution < 1.29 is 19.0 Å². The molecule has 1 aliphatic rings. The number of aryl methyl sites for hydroxylation is 2. The van der Waals surface area contributed by atoms with E-state index in [9.17, 15) is 4.79 Å². The first-order chi connectivity index (χ1) is 13.6. The normalized spacial score (nSPS) is 16.0. The first-order valence-corrected chi connectivity index (χ1v) is 9.87. The van der Waals surface area contributed by atoms with Gasteiger partial charge in [-0.2, -0.15) is 0 Å². The van der Waals surface area contributed by atoms with Gasteiger partial charge in [0.2, 0.25) is 5.91 Å². The standard InChI is InChI=1S/C23H29NO4/c1-17-5-3-6-18(13-17)9-11-23(25)24-15-19-8-10-21(22(14-19)26-2)28-16-20-7-4-12-27-20/h3,5-6,8,10,13-14,20H,4,7,9,11-12,15-16H2,1-2H3,(H,24,25). The van der Waals surface area contributed by atoms with Crippen molar-refractivity contribution in [1.82, 2.24) is 5.32 Å². The largest absolute Gasteiger partial charge is 0.493 e. The van der Waals surface area contributed by atoms with Crippen molar-refractivity contribution >= 4 is 5.91 Å². The highest BCUT2D eigenvalue weighted by atomic mass is 16.5. The third-order valence-electron chi connectivity index (χ3n) is 4.89. The van der Waals surface area contributed by atoms with E-state index in [1.54, 1.807) is 7.11 Å². The summed E-state index contributed by atoms with van der Waals surface area (Å²) in [4.78, 5) is 12.2. The maximum absolute atomic E-state index is 12.2. The van der Waals surface area contributed by atoms with E-state index in [1.807, 2.05) is 24.3 Å². The van der Waals surface area contributed by atoms with Gasteiger partial charge in [0, 0.05) is 19.6 Å². The van der Waals surface area contributed by atoms with Crippen molar-refractivity contribution in [3.8, 4) is 11.5 Å². The first kappa shape index (κ1) is 20.2. The molecule has 1 heterocycles. The fourth-order valence-electron chi connectivity index (χ4n) is 3.31. The summed E-state index contributed by atoms with van der Waals surface area (Å²) in [5.74, 6) is 1.41. The van der Waals surface area contributed by atoms with Crippen molar-refractivity contribution in [2.24, 2.45) is 0 Å². The molecular weight excluding hydrogens is 354 g/mol. The van der Waals surface area contributed by atoms with Crippen LogP contribution in [-0.2, 0) is 22.5 Å². The average molecular weight is 383 g/mol. The Labute approximate surface area is 167 Å². The van der Waals surface area contributed by atoms with Crippen LogP contribution in [0.15, 0.2) is 42.5 Å². The van der Waals surface area contributed by atoms with E-state index >= 15 is 0 Å². The zero-order chi connectivity index (χ0) is 19.8. The monoisotopic (exact) mass is 383 g/mol. The second-order valence-electron chi connectivity index (χ2n) is 7.20. The number of benzene rings is 2. The summed E-state index contributed by atoms with van der Waals surface area (Å²) < 4.78 is 16.9. The van der Waals surface area contributed by atoms with Crippen molar-refractivity contribution in [1.29, 1.82) is 0 Å². The second-order valence-corrected chi connectivity index (χ2v) is 7.20. The number of hydrogen-bond acceptors (Lipinski definition) is 4. The number of rotatable bonds is 9. The lowest BCUT2D eigenvalue weighted by Gasteiger charge is -2.15. The van der Waals surface area contributed by atoms with E-state index in [2.05, 4.69) is 30.4 Å². The number of carbonyl (C=O) groups is 1. The van der Waals surface area contributed by atoms with Crippen molar-refractivity contribution in [3.63, 3.8) is 0 Å². The van der Waals surface area contributed by atoms with Crippen LogP contribution in [0.4, 0.5) is 0 Å². The first-order valence-electron chi connectivity index (χ1n) is 9.87. The molecule has 1 amide bonds. The van der Waals surface area contributed by atoms with Crippen LogP contribution in [0.1, 0.15) is 36.0 Å². The maximum atomic E-state index is 12.2. The van der Waals surface area contributed by atoms with Crippen LogP contribution < -0.4 is 14.8 Å². The van der Waals surface area contributed by atoms with Gasteiger partial charge in [-0.1, -0.05) is 35.9 Å². The van der Waals surface area contributed by atoms with Gasteiger partial charge in [-0.05, 0) is 49.4 Å². The molecule has 1 aliphatic heterocycles. The van der Waals surface area contributed by atoms with Crippen LogP contribution in [0.2, 0.25) is 0 Å². The molecule has 3 rings (SSSR count). The maximum Gasteiger partial charge on any atom is 0.220 e. The molecule has 0 aliphatic carbocycles. The average Bonchev–Trinajstić information content (AvgIpc) is 3.23. The van der Waals surface area contributed by atoms with Crippen LogP contribution in [0.25, 0.3) is 0 Å². The molecule has 1 atom stereocenters. The Morgan fingerprint density at radius 1 is 1.18 bits per heavy atom. The van der Waals surface area contributed by atoms with E-state index < -0.39 is 0 Å². The Balaban J connectivity index is 1.47. The van der Waals surface area contributed by atoms with Gasteiger partial charge < -0.3 is 19.5 Å². The zero-order valence-electron chi connectivity index (χ0n) is 16.7. The second kappa shape index (κ2) is 10.1. The number of methoxy groups -OCH3 is 1. The van der Waals surface area contributed by atoms with Gasteiger partial charge in [0.1, 0.15) is 6.61 Å². The van der Waals surface area contributed by atoms with E-state index in [4.69, 9.17) is 14.2 Å². The molecule has 5 nitrogen and oxygen atoms in total. The summed E-state index contributed by atoms with van der Waals surface area (Å²) in [5, 5.41) is 2.98. The fourth-order valence-corrected chi connectivity index (χ4v) is 3.31. The van der Waals surface area contributed by atoms with Gasteiger partial charge in [-0.15, -0.1) is 0 Å². The molecule has 150 valence electrons. The smallest absolute Gasteiger partial charge is 0.220 e. The van der Waals surface area contributed by atoms with Gasteiger partial charge in [-0.3, -0.25) is 4.79 Å². The molecule has 0 spiro atoms. The quantitative estimate of drug-likeness (QED) is 0.715. The predicted molar refractivity (Wildman–Crippen MR) is 109 cm³/mol. The lowest BCUT2D eigenvalue weighted by molar-refractivity contribution is -0.121. The van der Waals surface area contributed by atoms with Crippen molar-refractivity contribution in [3.05, 3.63) is 59.2 Å². The Bertz CT molecular complexity index is 784. The lowest BCUT2D eigenvalue weighted by Crippen LogP contribution is -2.23. The molecule has 1 N–H and O–H groups in total. The Hall–Kier alpha value is -2.53. The summed E-state index contributed by atoms with van der Waals surface area (Å²) in [6.45, 7) is 3.87. The molecule has 0 aromatic heterocycles.